The van der Waals surface area contributed by atoms with Crippen LogP contribution in [0.1, 0.15) is 49.7 Å². The fourth-order valence-electron chi connectivity index (χ4n) is 5.21. The van der Waals surface area contributed by atoms with Crippen molar-refractivity contribution in [3.05, 3.63) is 59.7 Å². The van der Waals surface area contributed by atoms with Crippen LogP contribution in [0.3, 0.4) is 0 Å². The molecule has 8 nitrogen and oxygen atoms in total. The van der Waals surface area contributed by atoms with Crippen LogP contribution in [-0.4, -0.2) is 55.0 Å². The summed E-state index contributed by atoms with van der Waals surface area (Å²) in [6.45, 7) is 1.44. The van der Waals surface area contributed by atoms with E-state index in [1.54, 1.807) is 0 Å². The Bertz CT molecular complexity index is 1060. The first-order valence-electron chi connectivity index (χ1n) is 12.0. The molecule has 2 amide bonds. The lowest BCUT2D eigenvalue weighted by Crippen LogP contribution is -2.59. The molecule has 35 heavy (non-hydrogen) atoms. The topological polar surface area (TPSA) is 114 Å². The highest BCUT2D eigenvalue weighted by atomic mass is 16.5. The number of nitrogens with one attached hydrogen (secondary N) is 2. The number of methoxy groups -OCH3 is 1. The maximum Gasteiger partial charge on any atom is 0.407 e. The van der Waals surface area contributed by atoms with E-state index in [0.29, 0.717) is 12.8 Å². The molecule has 3 atom stereocenters. The number of carboxylic acids is 1. The predicted molar refractivity (Wildman–Crippen MR) is 130 cm³/mol. The van der Waals surface area contributed by atoms with E-state index >= 15 is 0 Å². The van der Waals surface area contributed by atoms with E-state index in [4.69, 9.17) is 9.47 Å². The van der Waals surface area contributed by atoms with Gasteiger partial charge in [0.25, 0.3) is 0 Å². The van der Waals surface area contributed by atoms with Gasteiger partial charge in [-0.3, -0.25) is 4.79 Å². The number of alkyl carbamates (subject to hydrolysis) is 1. The number of amides is 2. The molecule has 8 heteroatoms. The van der Waals surface area contributed by atoms with E-state index in [0.717, 1.165) is 35.1 Å². The molecular formula is C27H32N2O6. The second kappa shape index (κ2) is 10.5. The molecule has 0 spiro atoms. The molecule has 2 aliphatic rings. The van der Waals surface area contributed by atoms with E-state index in [1.807, 2.05) is 24.3 Å². The smallest absolute Gasteiger partial charge is 0.407 e. The van der Waals surface area contributed by atoms with E-state index in [9.17, 15) is 19.5 Å². The van der Waals surface area contributed by atoms with Gasteiger partial charge in [0.05, 0.1) is 12.5 Å². The summed E-state index contributed by atoms with van der Waals surface area (Å²) < 4.78 is 10.6. The fraction of sp³-hybridized carbons (Fsp3) is 0.444. The number of hydrogen-bond acceptors (Lipinski definition) is 5. The Labute approximate surface area is 205 Å². The first-order valence-corrected chi connectivity index (χ1v) is 12.0. The summed E-state index contributed by atoms with van der Waals surface area (Å²) in [6.07, 6.45) is 2.30. The van der Waals surface area contributed by atoms with Crippen molar-refractivity contribution < 1.29 is 29.0 Å². The zero-order valence-corrected chi connectivity index (χ0v) is 20.1. The third kappa shape index (κ3) is 5.17. The standard InChI is InChI=1S/C27H32N2O6/c1-27(16-34-2,25(31)32)29-24(30)21-13-7-8-14-23(21)28-26(33)35-15-22-19-11-5-3-9-17(19)18-10-4-6-12-20(18)22/h3-6,9-12,21-23H,7-8,13-16H2,1-2H3,(H,28,33)(H,29,30)(H,31,32)/t21-,23+,27?/m0/s1. The molecule has 2 aromatic carbocycles. The van der Waals surface area contributed by atoms with E-state index in [1.165, 1.54) is 14.0 Å². The number of carboxylic acid groups (broad SMARTS) is 1. The monoisotopic (exact) mass is 480 g/mol. The quantitative estimate of drug-likeness (QED) is 0.531. The Morgan fingerprint density at radius 1 is 1.00 bits per heavy atom. The Morgan fingerprint density at radius 3 is 2.20 bits per heavy atom. The van der Waals surface area contributed by atoms with Gasteiger partial charge in [-0.1, -0.05) is 61.4 Å². The van der Waals surface area contributed by atoms with E-state index in [-0.39, 0.29) is 19.1 Å². The van der Waals surface area contributed by atoms with Crippen molar-refractivity contribution in [3.8, 4) is 11.1 Å². The zero-order chi connectivity index (χ0) is 25.0. The summed E-state index contributed by atoms with van der Waals surface area (Å²) in [7, 11) is 1.38. The second-order valence-electron chi connectivity index (χ2n) is 9.53. The van der Waals surface area contributed by atoms with Gasteiger partial charge in [-0.05, 0) is 42.0 Å². The number of rotatable bonds is 8. The van der Waals surface area contributed by atoms with Gasteiger partial charge in [0.2, 0.25) is 5.91 Å². The minimum atomic E-state index is -1.54. The highest BCUT2D eigenvalue weighted by molar-refractivity contribution is 5.88. The van der Waals surface area contributed by atoms with Crippen LogP contribution >= 0.6 is 0 Å². The lowest BCUT2D eigenvalue weighted by atomic mass is 9.83. The van der Waals surface area contributed by atoms with Crippen molar-refractivity contribution in [2.45, 2.75) is 50.1 Å². The molecule has 0 saturated heterocycles. The summed E-state index contributed by atoms with van der Waals surface area (Å²) in [5.41, 5.74) is 3.01. The van der Waals surface area contributed by atoms with Crippen LogP contribution < -0.4 is 10.6 Å². The average Bonchev–Trinajstić information content (AvgIpc) is 3.17. The van der Waals surface area contributed by atoms with Crippen molar-refractivity contribution in [1.82, 2.24) is 10.6 Å². The summed E-state index contributed by atoms with van der Waals surface area (Å²) >= 11 is 0. The minimum Gasteiger partial charge on any atom is -0.479 e. The van der Waals surface area contributed by atoms with Gasteiger partial charge in [0.15, 0.2) is 5.54 Å². The molecule has 0 aromatic heterocycles. The molecule has 186 valence electrons. The number of fused-ring (bicyclic) bond motifs is 3. The maximum absolute atomic E-state index is 13.0. The molecule has 2 aliphatic carbocycles. The zero-order valence-electron chi connectivity index (χ0n) is 20.1. The molecule has 0 aliphatic heterocycles. The van der Waals surface area contributed by atoms with Gasteiger partial charge in [0.1, 0.15) is 6.61 Å². The highest BCUT2D eigenvalue weighted by Gasteiger charge is 2.40. The second-order valence-corrected chi connectivity index (χ2v) is 9.53. The van der Waals surface area contributed by atoms with Gasteiger partial charge in [-0.25, -0.2) is 9.59 Å². The van der Waals surface area contributed by atoms with Crippen molar-refractivity contribution in [3.63, 3.8) is 0 Å². The number of ether oxygens (including phenoxy) is 2. The van der Waals surface area contributed by atoms with Crippen LogP contribution in [0.15, 0.2) is 48.5 Å². The number of aliphatic carboxylic acids is 1. The van der Waals surface area contributed by atoms with Gasteiger partial charge >= 0.3 is 12.1 Å². The summed E-state index contributed by atoms with van der Waals surface area (Å²) in [5.74, 6) is -2.18. The Balaban J connectivity index is 1.40. The molecule has 1 unspecified atom stereocenters. The van der Waals surface area contributed by atoms with Gasteiger partial charge < -0.3 is 25.2 Å². The Morgan fingerprint density at radius 2 is 1.60 bits per heavy atom. The number of hydrogen-bond donors (Lipinski definition) is 3. The third-order valence-corrected chi connectivity index (χ3v) is 7.05. The first-order chi connectivity index (χ1) is 16.8. The molecule has 3 N–H and O–H groups in total. The van der Waals surface area contributed by atoms with E-state index in [2.05, 4.69) is 34.9 Å². The van der Waals surface area contributed by atoms with Crippen LogP contribution in [0.5, 0.6) is 0 Å². The number of benzene rings is 2. The van der Waals surface area contributed by atoms with Crippen LogP contribution in [0.2, 0.25) is 0 Å². The van der Waals surface area contributed by atoms with Gasteiger partial charge in [-0.2, -0.15) is 0 Å². The van der Waals surface area contributed by atoms with E-state index < -0.39 is 35.5 Å². The molecule has 4 rings (SSSR count). The maximum atomic E-state index is 13.0. The molecule has 0 radical (unpaired) electrons. The van der Waals surface area contributed by atoms with Crippen LogP contribution in [0.25, 0.3) is 11.1 Å². The molecule has 0 heterocycles. The Kier molecular flexibility index (Phi) is 7.40. The van der Waals surface area contributed by atoms with Crippen molar-refractivity contribution >= 4 is 18.0 Å². The van der Waals surface area contributed by atoms with Crippen molar-refractivity contribution in [2.75, 3.05) is 20.3 Å². The van der Waals surface area contributed by atoms with Crippen molar-refractivity contribution in [1.29, 1.82) is 0 Å². The highest BCUT2D eigenvalue weighted by Crippen LogP contribution is 2.44. The molecular weight excluding hydrogens is 448 g/mol. The predicted octanol–water partition coefficient (Wildman–Crippen LogP) is 3.69. The lowest BCUT2D eigenvalue weighted by molar-refractivity contribution is -0.150. The minimum absolute atomic E-state index is 0.0519. The first kappa shape index (κ1) is 24.7. The van der Waals surface area contributed by atoms with Crippen molar-refractivity contribution in [2.24, 2.45) is 5.92 Å². The lowest BCUT2D eigenvalue weighted by Gasteiger charge is -2.34. The summed E-state index contributed by atoms with van der Waals surface area (Å²) in [5, 5.41) is 15.0. The molecule has 0 bridgehead atoms. The largest absolute Gasteiger partial charge is 0.479 e. The SMILES string of the molecule is COCC(C)(NC(=O)[C@H]1CCCC[C@H]1NC(=O)OCC1c2ccccc2-c2ccccc21)C(=O)O. The molecule has 2 aromatic rings. The fourth-order valence-corrected chi connectivity index (χ4v) is 5.21. The number of carbonyl (C=O) groups excluding carboxylic acids is 2. The molecule has 1 fully saturated rings. The summed E-state index contributed by atoms with van der Waals surface area (Å²) in [6, 6.07) is 15.8. The van der Waals surface area contributed by atoms with Gasteiger partial charge in [-0.15, -0.1) is 0 Å². The molecule has 1 saturated carbocycles. The number of carbonyl (C=O) groups is 3. The van der Waals surface area contributed by atoms with Crippen LogP contribution in [0.4, 0.5) is 4.79 Å². The average molecular weight is 481 g/mol. The van der Waals surface area contributed by atoms with Crippen LogP contribution in [0, 0.1) is 5.92 Å². The normalized spacial score (nSPS) is 20.7. The van der Waals surface area contributed by atoms with Gasteiger partial charge in [0, 0.05) is 19.1 Å². The van der Waals surface area contributed by atoms with Crippen LogP contribution in [-0.2, 0) is 19.1 Å². The Hall–Kier alpha value is -3.39. The summed E-state index contributed by atoms with van der Waals surface area (Å²) in [4.78, 5) is 37.5. The third-order valence-electron chi connectivity index (χ3n) is 7.05.